The van der Waals surface area contributed by atoms with Crippen LogP contribution in [0.4, 0.5) is 4.79 Å². The van der Waals surface area contributed by atoms with Crippen molar-refractivity contribution in [2.75, 3.05) is 19.7 Å². The fourth-order valence-electron chi connectivity index (χ4n) is 3.64. The molecule has 3 atom stereocenters. The highest BCUT2D eigenvalue weighted by Gasteiger charge is 2.40. The topological polar surface area (TPSA) is 61.8 Å². The molecule has 1 saturated heterocycles. The van der Waals surface area contributed by atoms with Crippen LogP contribution < -0.4 is 5.32 Å². The first-order valence-electron chi connectivity index (χ1n) is 8.70. The van der Waals surface area contributed by atoms with E-state index in [9.17, 15) is 9.90 Å². The molecule has 2 rings (SSSR count). The van der Waals surface area contributed by atoms with Gasteiger partial charge in [0.2, 0.25) is 0 Å². The van der Waals surface area contributed by atoms with Crippen LogP contribution in [-0.4, -0.2) is 52.4 Å². The number of rotatable bonds is 5. The lowest BCUT2D eigenvalue weighted by Gasteiger charge is -2.29. The van der Waals surface area contributed by atoms with E-state index in [-0.39, 0.29) is 12.6 Å². The number of ether oxygens (including phenoxy) is 1. The molecule has 0 radical (unpaired) electrons. The van der Waals surface area contributed by atoms with Crippen LogP contribution in [0.3, 0.4) is 0 Å². The molecule has 1 heterocycles. The molecule has 1 aliphatic carbocycles. The summed E-state index contributed by atoms with van der Waals surface area (Å²) in [6.45, 7) is 7.03. The Labute approximate surface area is 144 Å². The predicted molar refractivity (Wildman–Crippen MR) is 94.5 cm³/mol. The maximum atomic E-state index is 11.7. The van der Waals surface area contributed by atoms with Crippen molar-refractivity contribution in [2.45, 2.75) is 64.5 Å². The normalized spacial score (nSPS) is 25.9. The number of hydrogen-bond donors (Lipinski definition) is 2. The Bertz CT molecular complexity index is 436. The van der Waals surface area contributed by atoms with Gasteiger partial charge >= 0.3 is 6.09 Å². The van der Waals surface area contributed by atoms with Gasteiger partial charge in [0.1, 0.15) is 5.60 Å². The zero-order chi connectivity index (χ0) is 17.0. The largest absolute Gasteiger partial charge is 0.444 e. The van der Waals surface area contributed by atoms with Gasteiger partial charge in [-0.25, -0.2) is 4.79 Å². The van der Waals surface area contributed by atoms with Crippen LogP contribution >= 0.6 is 12.2 Å². The summed E-state index contributed by atoms with van der Waals surface area (Å²) < 4.78 is 5.23. The Balaban J connectivity index is 1.81. The standard InChI is InChI=1S/C17H30N2O3S/c1-17(2,3)22-16(21)18-9-8-13(11-20)19-10-12-6-4-5-7-14(12)15(19)23/h12-14,20H,4-11H2,1-3H3,(H,18,21)/t12-,13-,14-/m1/s1. The lowest BCUT2D eigenvalue weighted by molar-refractivity contribution is 0.0521. The van der Waals surface area contributed by atoms with Crippen molar-refractivity contribution in [3.63, 3.8) is 0 Å². The van der Waals surface area contributed by atoms with E-state index in [0.717, 1.165) is 11.5 Å². The SMILES string of the molecule is CC(C)(C)OC(=O)NCC[C@H](CO)N1C[C@H]2CCCC[C@H]2C1=S. The smallest absolute Gasteiger partial charge is 0.407 e. The maximum absolute atomic E-state index is 11.7. The van der Waals surface area contributed by atoms with Crippen LogP contribution in [0.1, 0.15) is 52.9 Å². The first-order chi connectivity index (χ1) is 10.8. The fourth-order valence-corrected chi connectivity index (χ4v) is 4.17. The van der Waals surface area contributed by atoms with E-state index in [1.54, 1.807) is 0 Å². The van der Waals surface area contributed by atoms with Gasteiger partial charge in [0.25, 0.3) is 0 Å². The van der Waals surface area contributed by atoms with Gasteiger partial charge in [-0.15, -0.1) is 0 Å². The van der Waals surface area contributed by atoms with Crippen molar-refractivity contribution in [1.82, 2.24) is 10.2 Å². The molecule has 2 fully saturated rings. The molecule has 0 spiro atoms. The van der Waals surface area contributed by atoms with Crippen LogP contribution in [0.15, 0.2) is 0 Å². The molecule has 0 aromatic heterocycles. The number of alkyl carbamates (subject to hydrolysis) is 1. The molecular weight excluding hydrogens is 312 g/mol. The predicted octanol–water partition coefficient (Wildman–Crippen LogP) is 2.71. The van der Waals surface area contributed by atoms with Crippen molar-refractivity contribution in [3.05, 3.63) is 0 Å². The molecule has 0 bridgehead atoms. The minimum absolute atomic E-state index is 0.0111. The second-order valence-corrected chi connectivity index (χ2v) is 8.11. The van der Waals surface area contributed by atoms with Gasteiger partial charge in [0.05, 0.1) is 17.6 Å². The Morgan fingerprint density at radius 2 is 2.13 bits per heavy atom. The number of fused-ring (bicyclic) bond motifs is 1. The summed E-state index contributed by atoms with van der Waals surface area (Å²) in [6.07, 6.45) is 5.26. The minimum Gasteiger partial charge on any atom is -0.444 e. The van der Waals surface area contributed by atoms with Crippen LogP contribution in [-0.2, 0) is 4.74 Å². The molecule has 0 unspecified atom stereocenters. The summed E-state index contributed by atoms with van der Waals surface area (Å²) in [5.41, 5.74) is -0.493. The number of aliphatic hydroxyl groups excluding tert-OH is 1. The first-order valence-corrected chi connectivity index (χ1v) is 9.11. The Morgan fingerprint density at radius 3 is 2.74 bits per heavy atom. The molecule has 1 amide bonds. The highest BCUT2D eigenvalue weighted by Crippen LogP contribution is 2.38. The number of nitrogens with zero attached hydrogens (tertiary/aromatic N) is 1. The average Bonchev–Trinajstić information content (AvgIpc) is 2.79. The molecule has 132 valence electrons. The number of likely N-dealkylation sites (tertiary alicyclic amines) is 1. The number of thiocarbonyl (C=S) groups is 1. The highest BCUT2D eigenvalue weighted by atomic mass is 32.1. The number of amides is 1. The number of nitrogens with one attached hydrogen (secondary N) is 1. The lowest BCUT2D eigenvalue weighted by Crippen LogP contribution is -2.42. The number of hydrogen-bond acceptors (Lipinski definition) is 4. The summed E-state index contributed by atoms with van der Waals surface area (Å²) in [4.78, 5) is 14.9. The van der Waals surface area contributed by atoms with E-state index in [2.05, 4.69) is 10.2 Å². The van der Waals surface area contributed by atoms with Crippen molar-refractivity contribution in [1.29, 1.82) is 0 Å². The van der Waals surface area contributed by atoms with E-state index in [1.165, 1.54) is 25.7 Å². The minimum atomic E-state index is -0.493. The molecule has 0 aromatic rings. The zero-order valence-corrected chi connectivity index (χ0v) is 15.3. The quantitative estimate of drug-likeness (QED) is 0.752. The van der Waals surface area contributed by atoms with Gasteiger partial charge < -0.3 is 20.1 Å². The van der Waals surface area contributed by atoms with E-state index in [4.69, 9.17) is 17.0 Å². The molecule has 2 N–H and O–H groups in total. The van der Waals surface area contributed by atoms with Gasteiger partial charge in [-0.2, -0.15) is 0 Å². The van der Waals surface area contributed by atoms with Crippen molar-refractivity contribution in [3.8, 4) is 0 Å². The number of carbonyl (C=O) groups excluding carboxylic acids is 1. The molecule has 1 saturated carbocycles. The van der Waals surface area contributed by atoms with E-state index < -0.39 is 11.7 Å². The van der Waals surface area contributed by atoms with Gasteiger partial charge in [-0.3, -0.25) is 0 Å². The van der Waals surface area contributed by atoms with Crippen LogP contribution in [0.25, 0.3) is 0 Å². The monoisotopic (exact) mass is 342 g/mol. The Morgan fingerprint density at radius 1 is 1.43 bits per heavy atom. The van der Waals surface area contributed by atoms with Crippen LogP contribution in [0.5, 0.6) is 0 Å². The zero-order valence-electron chi connectivity index (χ0n) is 14.5. The van der Waals surface area contributed by atoms with Crippen LogP contribution in [0, 0.1) is 11.8 Å². The van der Waals surface area contributed by atoms with Crippen molar-refractivity contribution >= 4 is 23.3 Å². The molecule has 2 aliphatic rings. The Hall–Kier alpha value is -0.880. The van der Waals surface area contributed by atoms with Gasteiger partial charge in [-0.05, 0) is 46.0 Å². The molecule has 1 aliphatic heterocycles. The maximum Gasteiger partial charge on any atom is 0.407 e. The summed E-state index contributed by atoms with van der Waals surface area (Å²) >= 11 is 5.66. The second-order valence-electron chi connectivity index (χ2n) is 7.70. The summed E-state index contributed by atoms with van der Waals surface area (Å²) in [5, 5.41) is 12.5. The van der Waals surface area contributed by atoms with Crippen LogP contribution in [0.2, 0.25) is 0 Å². The summed E-state index contributed by atoms with van der Waals surface area (Å²) in [6, 6.07) is -0.0111. The van der Waals surface area contributed by atoms with E-state index >= 15 is 0 Å². The van der Waals surface area contributed by atoms with Crippen molar-refractivity contribution < 1.29 is 14.6 Å². The summed E-state index contributed by atoms with van der Waals surface area (Å²) in [7, 11) is 0. The van der Waals surface area contributed by atoms with Gasteiger partial charge in [0.15, 0.2) is 0 Å². The third-order valence-corrected chi connectivity index (χ3v) is 5.28. The molecule has 0 aromatic carbocycles. The molecular formula is C17H30N2O3S. The highest BCUT2D eigenvalue weighted by molar-refractivity contribution is 7.80. The Kier molecular flexibility index (Phi) is 6.26. The average molecular weight is 343 g/mol. The van der Waals surface area contributed by atoms with E-state index in [1.807, 2.05) is 20.8 Å². The third kappa shape index (κ3) is 5.05. The van der Waals surface area contributed by atoms with Gasteiger partial charge in [0, 0.05) is 19.0 Å². The van der Waals surface area contributed by atoms with Crippen molar-refractivity contribution in [2.24, 2.45) is 11.8 Å². The second kappa shape index (κ2) is 7.79. The number of carbonyl (C=O) groups is 1. The third-order valence-electron chi connectivity index (χ3n) is 4.74. The summed E-state index contributed by atoms with van der Waals surface area (Å²) in [5.74, 6) is 1.18. The molecule has 6 heteroatoms. The van der Waals surface area contributed by atoms with Gasteiger partial charge in [-0.1, -0.05) is 25.1 Å². The molecule has 5 nitrogen and oxygen atoms in total. The number of aliphatic hydroxyl groups is 1. The lowest BCUT2D eigenvalue weighted by atomic mass is 9.82. The van der Waals surface area contributed by atoms with E-state index in [0.29, 0.717) is 24.8 Å². The molecule has 23 heavy (non-hydrogen) atoms. The first kappa shape index (κ1) is 18.5. The fraction of sp³-hybridized carbons (Fsp3) is 0.882.